The van der Waals surface area contributed by atoms with E-state index in [0.717, 1.165) is 28.7 Å². The molecule has 21 heavy (non-hydrogen) atoms. The fourth-order valence-electron chi connectivity index (χ4n) is 2.18. The largest absolute Gasteiger partial charge is 0.339 e. The molecule has 1 aliphatic carbocycles. The minimum Gasteiger partial charge on any atom is -0.339 e. The molecular weight excluding hydrogens is 352 g/mol. The second-order valence-electron chi connectivity index (χ2n) is 5.74. The van der Waals surface area contributed by atoms with Crippen LogP contribution in [0.1, 0.15) is 48.2 Å². The number of hydrogen-bond donors (Lipinski definition) is 1. The van der Waals surface area contributed by atoms with Crippen LogP contribution < -0.4 is 5.32 Å². The lowest BCUT2D eigenvalue weighted by Crippen LogP contribution is -2.16. The van der Waals surface area contributed by atoms with Crippen LogP contribution in [0, 0.1) is 5.92 Å². The normalized spacial score (nSPS) is 14.7. The summed E-state index contributed by atoms with van der Waals surface area (Å²) < 4.78 is 2.97. The molecule has 5 nitrogen and oxygen atoms in total. The van der Waals surface area contributed by atoms with E-state index in [1.807, 2.05) is 16.8 Å². The van der Waals surface area contributed by atoms with E-state index in [1.54, 1.807) is 0 Å². The van der Waals surface area contributed by atoms with E-state index >= 15 is 0 Å². The quantitative estimate of drug-likeness (QED) is 0.870. The monoisotopic (exact) mass is 368 g/mol. The zero-order valence-electron chi connectivity index (χ0n) is 12.0. The van der Waals surface area contributed by atoms with Gasteiger partial charge in [-0.3, -0.25) is 10.1 Å². The van der Waals surface area contributed by atoms with E-state index in [1.165, 1.54) is 11.3 Å². The minimum atomic E-state index is -0.125. The Morgan fingerprint density at radius 2 is 2.29 bits per heavy atom. The molecule has 0 radical (unpaired) electrons. The van der Waals surface area contributed by atoms with Gasteiger partial charge in [-0.2, -0.15) is 0 Å². The number of hydrogen-bond acceptors (Lipinski definition) is 4. The van der Waals surface area contributed by atoms with Crippen LogP contribution in [0.3, 0.4) is 0 Å². The molecule has 2 heterocycles. The lowest BCUT2D eigenvalue weighted by molar-refractivity contribution is 0.101. The molecule has 7 heteroatoms. The summed E-state index contributed by atoms with van der Waals surface area (Å²) in [5, 5.41) is 12.5. The molecule has 112 valence electrons. The maximum Gasteiger partial charge on any atom is 0.274 e. The molecule has 3 rings (SSSR count). The van der Waals surface area contributed by atoms with Gasteiger partial charge in [0.05, 0.1) is 0 Å². The molecule has 1 N–H and O–H groups in total. The van der Waals surface area contributed by atoms with E-state index in [0.29, 0.717) is 22.8 Å². The summed E-state index contributed by atoms with van der Waals surface area (Å²) in [6, 6.07) is 2.31. The highest BCUT2D eigenvalue weighted by Gasteiger charge is 2.28. The van der Waals surface area contributed by atoms with Crippen molar-refractivity contribution in [2.24, 2.45) is 5.92 Å². The van der Waals surface area contributed by atoms with Gasteiger partial charge in [-0.15, -0.1) is 10.2 Å². The Balaban J connectivity index is 1.72. The molecule has 0 saturated heterocycles. The molecule has 0 aliphatic heterocycles. The van der Waals surface area contributed by atoms with Gasteiger partial charge in [0.25, 0.3) is 5.91 Å². The smallest absolute Gasteiger partial charge is 0.274 e. The van der Waals surface area contributed by atoms with E-state index in [9.17, 15) is 4.79 Å². The fraction of sp³-hybridized carbons (Fsp3) is 0.500. The minimum absolute atomic E-state index is 0.125. The summed E-state index contributed by atoms with van der Waals surface area (Å²) in [5.74, 6) is 0.407. The van der Waals surface area contributed by atoms with Crippen molar-refractivity contribution in [3.63, 3.8) is 0 Å². The van der Waals surface area contributed by atoms with Crippen LogP contribution in [0.4, 0.5) is 5.13 Å². The number of rotatable bonds is 5. The van der Waals surface area contributed by atoms with Crippen LogP contribution in [0.2, 0.25) is 0 Å². The van der Waals surface area contributed by atoms with Crippen LogP contribution in [-0.4, -0.2) is 20.7 Å². The summed E-state index contributed by atoms with van der Waals surface area (Å²) >= 11 is 4.88. The first-order valence-electron chi connectivity index (χ1n) is 7.04. The van der Waals surface area contributed by atoms with Gasteiger partial charge in [0.15, 0.2) is 0 Å². The summed E-state index contributed by atoms with van der Waals surface area (Å²) in [5.41, 5.74) is 0.671. The summed E-state index contributed by atoms with van der Waals surface area (Å²) in [6.45, 7) is 4.28. The third kappa shape index (κ3) is 3.52. The van der Waals surface area contributed by atoms with E-state index in [4.69, 9.17) is 0 Å². The lowest BCUT2D eigenvalue weighted by Gasteiger charge is -2.06. The number of nitrogens with zero attached hydrogens (tertiary/aromatic N) is 3. The molecule has 0 spiro atoms. The number of aromatic nitrogens is 3. The van der Waals surface area contributed by atoms with E-state index < -0.39 is 0 Å². The van der Waals surface area contributed by atoms with E-state index in [2.05, 4.69) is 45.3 Å². The lowest BCUT2D eigenvalue weighted by atomic mass is 10.1. The van der Waals surface area contributed by atoms with Crippen molar-refractivity contribution in [1.29, 1.82) is 0 Å². The standard InChI is InChI=1S/C14H17BrN4OS/c1-8(2)5-12-17-18-14(21-12)16-13(20)11-6-9(15)7-19(11)10-3-4-10/h6-8,10H,3-5H2,1-2H3,(H,16,18,20). The number of anilines is 1. The predicted octanol–water partition coefficient (Wildman–Crippen LogP) is 3.89. The first kappa shape index (κ1) is 14.7. The Labute approximate surface area is 135 Å². The molecule has 1 fully saturated rings. The van der Waals surface area contributed by atoms with Crippen molar-refractivity contribution >= 4 is 38.3 Å². The highest BCUT2D eigenvalue weighted by Crippen LogP contribution is 2.37. The van der Waals surface area contributed by atoms with Crippen LogP contribution in [-0.2, 0) is 6.42 Å². The van der Waals surface area contributed by atoms with Gasteiger partial charge in [-0.1, -0.05) is 25.2 Å². The average Bonchev–Trinajstić information content (AvgIpc) is 3.05. The second kappa shape index (κ2) is 5.88. The topological polar surface area (TPSA) is 59.8 Å². The van der Waals surface area contributed by atoms with Crippen LogP contribution in [0.25, 0.3) is 0 Å². The fourth-order valence-corrected chi connectivity index (χ4v) is 3.56. The Morgan fingerprint density at radius 1 is 1.52 bits per heavy atom. The number of carbonyl (C=O) groups is 1. The van der Waals surface area contributed by atoms with Gasteiger partial charge < -0.3 is 4.57 Å². The van der Waals surface area contributed by atoms with Gasteiger partial charge in [-0.05, 0) is 40.8 Å². The van der Waals surface area contributed by atoms with Gasteiger partial charge >= 0.3 is 0 Å². The first-order valence-corrected chi connectivity index (χ1v) is 8.65. The predicted molar refractivity (Wildman–Crippen MR) is 86.8 cm³/mol. The highest BCUT2D eigenvalue weighted by molar-refractivity contribution is 9.10. The molecule has 1 amide bonds. The third-order valence-electron chi connectivity index (χ3n) is 3.26. The number of nitrogens with one attached hydrogen (secondary N) is 1. The van der Waals surface area contributed by atoms with Gasteiger partial charge in [0, 0.05) is 23.1 Å². The van der Waals surface area contributed by atoms with Crippen molar-refractivity contribution in [3.05, 3.63) is 27.4 Å². The molecule has 0 bridgehead atoms. The van der Waals surface area contributed by atoms with Crippen molar-refractivity contribution in [3.8, 4) is 0 Å². The van der Waals surface area contributed by atoms with Gasteiger partial charge in [-0.25, -0.2) is 0 Å². The highest BCUT2D eigenvalue weighted by atomic mass is 79.9. The molecule has 1 saturated carbocycles. The zero-order valence-corrected chi connectivity index (χ0v) is 14.4. The molecule has 1 aliphatic rings. The first-order chi connectivity index (χ1) is 10.0. The van der Waals surface area contributed by atoms with Gasteiger partial charge in [0.1, 0.15) is 10.7 Å². The SMILES string of the molecule is CC(C)Cc1nnc(NC(=O)c2cc(Br)cn2C2CC2)s1. The van der Waals surface area contributed by atoms with Crippen LogP contribution >= 0.6 is 27.3 Å². The second-order valence-corrected chi connectivity index (χ2v) is 7.71. The Morgan fingerprint density at radius 3 is 2.95 bits per heavy atom. The Kier molecular flexibility index (Phi) is 4.12. The average molecular weight is 369 g/mol. The molecule has 2 aromatic rings. The maximum absolute atomic E-state index is 12.4. The van der Waals surface area contributed by atoms with Crippen molar-refractivity contribution in [1.82, 2.24) is 14.8 Å². The van der Waals surface area contributed by atoms with Crippen molar-refractivity contribution in [2.75, 3.05) is 5.32 Å². The number of carbonyl (C=O) groups excluding carboxylic acids is 1. The molecule has 0 atom stereocenters. The van der Waals surface area contributed by atoms with Crippen molar-refractivity contribution in [2.45, 2.75) is 39.2 Å². The third-order valence-corrected chi connectivity index (χ3v) is 4.55. The van der Waals surface area contributed by atoms with Crippen molar-refractivity contribution < 1.29 is 4.79 Å². The molecular formula is C14H17BrN4OS. The van der Waals surface area contributed by atoms with Gasteiger partial charge in [0.2, 0.25) is 5.13 Å². The molecule has 2 aromatic heterocycles. The summed E-state index contributed by atoms with van der Waals surface area (Å²) in [4.78, 5) is 12.4. The number of amides is 1. The Hall–Kier alpha value is -1.21. The Bertz CT molecular complexity index is 660. The molecule has 0 aromatic carbocycles. The molecule has 0 unspecified atom stereocenters. The summed E-state index contributed by atoms with van der Waals surface area (Å²) in [6.07, 6.45) is 5.13. The van der Waals surface area contributed by atoms with Crippen LogP contribution in [0.5, 0.6) is 0 Å². The maximum atomic E-state index is 12.4. The van der Waals surface area contributed by atoms with E-state index in [-0.39, 0.29) is 5.91 Å². The number of halogens is 1. The zero-order chi connectivity index (χ0) is 15.0. The van der Waals surface area contributed by atoms with Crippen LogP contribution in [0.15, 0.2) is 16.7 Å². The summed E-state index contributed by atoms with van der Waals surface area (Å²) in [7, 11) is 0.